The summed E-state index contributed by atoms with van der Waals surface area (Å²) in [6.07, 6.45) is 1.40. The van der Waals surface area contributed by atoms with Crippen molar-refractivity contribution in [2.75, 3.05) is 101 Å². The summed E-state index contributed by atoms with van der Waals surface area (Å²) in [5.41, 5.74) is 16.2. The number of rotatable bonds is 6. The number of benzene rings is 3. The van der Waals surface area contributed by atoms with E-state index in [9.17, 15) is 18.8 Å². The fraction of sp³-hybridized carbons (Fsp3) is 0.478. The molecule has 0 aromatic heterocycles. The van der Waals surface area contributed by atoms with Crippen molar-refractivity contribution < 1.29 is 28.2 Å². The second kappa shape index (κ2) is 20.9. The number of anilines is 3. The summed E-state index contributed by atoms with van der Waals surface area (Å²) in [6.45, 7) is 16.5. The lowest BCUT2D eigenvalue weighted by Crippen LogP contribution is -2.44. The van der Waals surface area contributed by atoms with Crippen LogP contribution in [0.15, 0.2) is 82.0 Å². The molecule has 6 heterocycles. The van der Waals surface area contributed by atoms with E-state index in [4.69, 9.17) is 9.47 Å². The van der Waals surface area contributed by atoms with Crippen molar-refractivity contribution >= 4 is 51.9 Å². The zero-order valence-electron chi connectivity index (χ0n) is 36.2. The number of morpholine rings is 2. The Morgan fingerprint density at radius 1 is 0.516 bits per heavy atom. The number of carbonyl (C=O) groups is 3. The summed E-state index contributed by atoms with van der Waals surface area (Å²) < 4.78 is 25.0. The normalized spacial score (nSPS) is 23.2. The molecule has 0 saturated carbocycles. The molecule has 3 fully saturated rings. The molecule has 9 rings (SSSR count). The van der Waals surface area contributed by atoms with E-state index >= 15 is 0 Å². The van der Waals surface area contributed by atoms with Crippen LogP contribution in [0, 0.1) is 23.6 Å². The lowest BCUT2D eigenvalue weighted by molar-refractivity contribution is -0.122. The van der Waals surface area contributed by atoms with E-state index in [1.54, 1.807) is 6.07 Å². The monoisotopic (exact) mass is 850 g/mol. The van der Waals surface area contributed by atoms with E-state index in [1.807, 2.05) is 31.7 Å². The van der Waals surface area contributed by atoms with Crippen LogP contribution in [0.3, 0.4) is 0 Å². The average Bonchev–Trinajstić information content (AvgIpc) is 3.28. The van der Waals surface area contributed by atoms with Crippen molar-refractivity contribution in [2.24, 2.45) is 33.1 Å². The molecule has 3 atom stereocenters. The van der Waals surface area contributed by atoms with Gasteiger partial charge < -0.3 is 29.1 Å². The van der Waals surface area contributed by atoms with E-state index in [1.165, 1.54) is 17.4 Å². The molecule has 15 nitrogen and oxygen atoms in total. The van der Waals surface area contributed by atoms with Gasteiger partial charge in [-0.1, -0.05) is 51.1 Å². The van der Waals surface area contributed by atoms with Crippen molar-refractivity contribution in [3.63, 3.8) is 0 Å². The summed E-state index contributed by atoms with van der Waals surface area (Å²) in [5, 5.41) is 12.5. The van der Waals surface area contributed by atoms with Crippen molar-refractivity contribution in [1.29, 1.82) is 0 Å². The minimum atomic E-state index is -0.263. The molecular weight excluding hydrogens is 792 g/mol. The van der Waals surface area contributed by atoms with Gasteiger partial charge in [-0.05, 0) is 54.6 Å². The number of carbonyl (C=O) groups excluding carboxylic acids is 3. The van der Waals surface area contributed by atoms with Crippen molar-refractivity contribution in [3.05, 3.63) is 89.2 Å². The Kier molecular flexibility index (Phi) is 15.0. The largest absolute Gasteiger partial charge is 0.378 e. The fourth-order valence-corrected chi connectivity index (χ4v) is 8.31. The van der Waals surface area contributed by atoms with Gasteiger partial charge in [0.2, 0.25) is 17.7 Å². The molecule has 3 N–H and O–H groups in total. The first kappa shape index (κ1) is 44.3. The lowest BCUT2D eigenvalue weighted by Gasteiger charge is -2.34. The van der Waals surface area contributed by atoms with E-state index in [-0.39, 0.29) is 41.3 Å². The number of amides is 3. The summed E-state index contributed by atoms with van der Waals surface area (Å²) in [4.78, 5) is 42.9. The fourth-order valence-electron chi connectivity index (χ4n) is 8.31. The molecular formula is C46H59FN10O5. The zero-order valence-corrected chi connectivity index (χ0v) is 36.2. The quantitative estimate of drug-likeness (QED) is 0.331. The van der Waals surface area contributed by atoms with Gasteiger partial charge in [-0.25, -0.2) is 20.7 Å². The van der Waals surface area contributed by atoms with Crippen LogP contribution < -0.4 is 31.0 Å². The summed E-state index contributed by atoms with van der Waals surface area (Å²) in [5.74, 6) is -0.0389. The van der Waals surface area contributed by atoms with Crippen LogP contribution >= 0.6 is 0 Å². The SMILES string of the molecule is C[C@@H]1CC(=O)NN=C1c1ccc(N2CCN(C)CC2)cc1.C[C@@H]1CC(=O)NN=C1c1ccc(N2CCOCC2)c(F)c1.C[C@@H]1CC(=O)NN=C1c1ccc(N2CCOCC2)cc1. The van der Waals surface area contributed by atoms with Crippen LogP contribution in [0.2, 0.25) is 0 Å². The van der Waals surface area contributed by atoms with Crippen LogP contribution in [0.25, 0.3) is 0 Å². The number of hydrogen-bond acceptors (Lipinski definition) is 12. The van der Waals surface area contributed by atoms with Gasteiger partial charge in [-0.3, -0.25) is 14.4 Å². The maximum Gasteiger partial charge on any atom is 0.240 e. The summed E-state index contributed by atoms with van der Waals surface area (Å²) in [7, 11) is 2.16. The number of hydrogen-bond donors (Lipinski definition) is 3. The molecule has 330 valence electrons. The van der Waals surface area contributed by atoms with E-state index in [0.29, 0.717) is 51.3 Å². The number of nitrogens with zero attached hydrogens (tertiary/aromatic N) is 7. The van der Waals surface area contributed by atoms with Gasteiger partial charge in [0.1, 0.15) is 5.82 Å². The van der Waals surface area contributed by atoms with Crippen molar-refractivity contribution in [3.8, 4) is 0 Å². The second-order valence-corrected chi connectivity index (χ2v) is 16.7. The Hall–Kier alpha value is -5.71. The number of likely N-dealkylation sites (N-methyl/N-ethyl adjacent to an activating group) is 1. The van der Waals surface area contributed by atoms with E-state index in [0.717, 1.165) is 86.3 Å². The number of hydrazone groups is 3. The average molecular weight is 851 g/mol. The molecule has 3 aromatic rings. The third-order valence-corrected chi connectivity index (χ3v) is 11.9. The molecule has 62 heavy (non-hydrogen) atoms. The molecule has 0 bridgehead atoms. The Balaban J connectivity index is 0.000000140. The van der Waals surface area contributed by atoms with Gasteiger partial charge in [0, 0.05) is 106 Å². The summed E-state index contributed by atoms with van der Waals surface area (Å²) >= 11 is 0. The molecule has 16 heteroatoms. The first-order valence-electron chi connectivity index (χ1n) is 21.7. The first-order valence-corrected chi connectivity index (χ1v) is 21.7. The van der Waals surface area contributed by atoms with Gasteiger partial charge in [0.05, 0.1) is 49.2 Å². The van der Waals surface area contributed by atoms with Crippen LogP contribution in [0.4, 0.5) is 21.5 Å². The zero-order chi connectivity index (χ0) is 43.6. The van der Waals surface area contributed by atoms with Crippen LogP contribution in [-0.4, -0.2) is 126 Å². The molecule has 6 aliphatic heterocycles. The minimum absolute atomic E-state index is 0.000284. The highest BCUT2D eigenvalue weighted by Gasteiger charge is 2.25. The first-order chi connectivity index (χ1) is 30.0. The molecule has 0 aliphatic carbocycles. The predicted molar refractivity (Wildman–Crippen MR) is 240 cm³/mol. The Morgan fingerprint density at radius 3 is 1.29 bits per heavy atom. The van der Waals surface area contributed by atoms with Crippen LogP contribution in [0.5, 0.6) is 0 Å². The number of ether oxygens (including phenoxy) is 2. The van der Waals surface area contributed by atoms with Crippen molar-refractivity contribution in [2.45, 2.75) is 40.0 Å². The van der Waals surface area contributed by atoms with Gasteiger partial charge in [-0.2, -0.15) is 15.3 Å². The molecule has 6 aliphatic rings. The predicted octanol–water partition coefficient (Wildman–Crippen LogP) is 4.20. The Labute approximate surface area is 363 Å². The van der Waals surface area contributed by atoms with Gasteiger partial charge in [-0.15, -0.1) is 0 Å². The van der Waals surface area contributed by atoms with Gasteiger partial charge >= 0.3 is 0 Å². The lowest BCUT2D eigenvalue weighted by atomic mass is 9.94. The van der Waals surface area contributed by atoms with E-state index in [2.05, 4.69) is 102 Å². The maximum absolute atomic E-state index is 14.4. The van der Waals surface area contributed by atoms with Crippen LogP contribution in [0.1, 0.15) is 56.7 Å². The smallest absolute Gasteiger partial charge is 0.240 e. The Morgan fingerprint density at radius 2 is 0.887 bits per heavy atom. The molecule has 0 unspecified atom stereocenters. The molecule has 0 radical (unpaired) electrons. The van der Waals surface area contributed by atoms with E-state index < -0.39 is 0 Å². The highest BCUT2D eigenvalue weighted by atomic mass is 19.1. The third kappa shape index (κ3) is 11.4. The standard InChI is InChI=1S/C16H22N4O.C15H18FN3O2.C15H19N3O2/c1-12-11-15(21)17-18-16(12)13-3-5-14(6-4-13)20-9-7-19(2)8-10-20;1-10-8-14(20)17-18-15(10)11-2-3-13(12(16)9-11)19-4-6-21-7-5-19;1-11-10-14(19)16-17-15(11)12-2-4-13(5-3-12)18-6-8-20-9-7-18/h3-6,12H,7-11H2,1-2H3,(H,17,21);2-3,9-10H,4-8H2,1H3,(H,17,20);2-5,11H,6-10H2,1H3,(H,16,19)/t12-;10-;11-/m111/s1. The summed E-state index contributed by atoms with van der Waals surface area (Å²) in [6, 6.07) is 22.1. The third-order valence-electron chi connectivity index (χ3n) is 11.9. The van der Waals surface area contributed by atoms with Crippen LogP contribution in [-0.2, 0) is 23.9 Å². The highest BCUT2D eigenvalue weighted by molar-refractivity contribution is 6.07. The number of nitrogens with one attached hydrogen (secondary N) is 3. The second-order valence-electron chi connectivity index (χ2n) is 16.7. The minimum Gasteiger partial charge on any atom is -0.378 e. The molecule has 3 saturated heterocycles. The molecule has 0 spiro atoms. The maximum atomic E-state index is 14.4. The molecule has 3 aromatic carbocycles. The van der Waals surface area contributed by atoms with Gasteiger partial charge in [0.15, 0.2) is 0 Å². The van der Waals surface area contributed by atoms with Gasteiger partial charge in [0.25, 0.3) is 0 Å². The number of halogens is 1. The Bertz CT molecular complexity index is 2130. The van der Waals surface area contributed by atoms with Crippen molar-refractivity contribution in [1.82, 2.24) is 21.2 Å². The number of piperazine rings is 1. The molecule has 3 amide bonds. The highest BCUT2D eigenvalue weighted by Crippen LogP contribution is 2.26. The topological polar surface area (TPSA) is 156 Å².